The number of nitrogens with zero attached hydrogens (tertiary/aromatic N) is 1. The van der Waals surface area contributed by atoms with E-state index in [1.165, 1.54) is 25.8 Å². The van der Waals surface area contributed by atoms with E-state index in [0.717, 1.165) is 5.92 Å². The van der Waals surface area contributed by atoms with Gasteiger partial charge in [-0.2, -0.15) is 0 Å². The van der Waals surface area contributed by atoms with Gasteiger partial charge in [-0.3, -0.25) is 0 Å². The standard InChI is InChI=1S/C9H17NO/c1-10-5-4-9(10)8(6-11)7-2-3-7/h7-9,11H,2-6H2,1H3. The summed E-state index contributed by atoms with van der Waals surface area (Å²) in [6.07, 6.45) is 4.02. The van der Waals surface area contributed by atoms with Crippen LogP contribution in [-0.2, 0) is 0 Å². The molecule has 2 heteroatoms. The van der Waals surface area contributed by atoms with Crippen molar-refractivity contribution in [3.8, 4) is 0 Å². The molecule has 11 heavy (non-hydrogen) atoms. The van der Waals surface area contributed by atoms with Crippen LogP contribution in [0.1, 0.15) is 19.3 Å². The lowest BCUT2D eigenvalue weighted by atomic mass is 9.87. The zero-order chi connectivity index (χ0) is 7.84. The molecule has 0 amide bonds. The summed E-state index contributed by atoms with van der Waals surface area (Å²) in [5.74, 6) is 1.45. The highest BCUT2D eigenvalue weighted by Crippen LogP contribution is 2.42. The maximum atomic E-state index is 9.16. The number of aliphatic hydroxyl groups is 1. The van der Waals surface area contributed by atoms with Crippen LogP contribution >= 0.6 is 0 Å². The molecule has 0 aromatic carbocycles. The predicted octanol–water partition coefficient (Wildman–Crippen LogP) is 0.709. The van der Waals surface area contributed by atoms with Crippen LogP contribution in [-0.4, -0.2) is 36.2 Å². The molecule has 2 rings (SSSR count). The van der Waals surface area contributed by atoms with Crippen LogP contribution in [0.15, 0.2) is 0 Å². The number of likely N-dealkylation sites (tertiary alicyclic amines) is 1. The summed E-state index contributed by atoms with van der Waals surface area (Å²) in [7, 11) is 2.17. The van der Waals surface area contributed by atoms with E-state index in [2.05, 4.69) is 11.9 Å². The molecule has 1 aliphatic heterocycles. The molecule has 0 spiro atoms. The lowest BCUT2D eigenvalue weighted by Gasteiger charge is -2.42. The normalized spacial score (nSPS) is 34.9. The van der Waals surface area contributed by atoms with Crippen LogP contribution in [0.3, 0.4) is 0 Å². The highest BCUT2D eigenvalue weighted by Gasteiger charge is 2.40. The van der Waals surface area contributed by atoms with Crippen molar-refractivity contribution in [2.24, 2.45) is 11.8 Å². The maximum absolute atomic E-state index is 9.16. The van der Waals surface area contributed by atoms with Gasteiger partial charge in [-0.05, 0) is 38.8 Å². The van der Waals surface area contributed by atoms with Crippen LogP contribution in [0.5, 0.6) is 0 Å². The quantitative estimate of drug-likeness (QED) is 0.649. The van der Waals surface area contributed by atoms with Gasteiger partial charge in [0.15, 0.2) is 0 Å². The van der Waals surface area contributed by atoms with Gasteiger partial charge in [0.2, 0.25) is 0 Å². The fourth-order valence-corrected chi connectivity index (χ4v) is 2.19. The number of hydrogen-bond donors (Lipinski definition) is 1. The van der Waals surface area contributed by atoms with Gasteiger partial charge >= 0.3 is 0 Å². The van der Waals surface area contributed by atoms with Gasteiger partial charge in [0.1, 0.15) is 0 Å². The fourth-order valence-electron chi connectivity index (χ4n) is 2.19. The van der Waals surface area contributed by atoms with Gasteiger partial charge < -0.3 is 10.0 Å². The lowest BCUT2D eigenvalue weighted by molar-refractivity contribution is 0.0328. The van der Waals surface area contributed by atoms with E-state index in [9.17, 15) is 0 Å². The van der Waals surface area contributed by atoms with E-state index in [-0.39, 0.29) is 0 Å². The third-order valence-corrected chi connectivity index (χ3v) is 3.28. The third kappa shape index (κ3) is 1.30. The number of aliphatic hydroxyl groups excluding tert-OH is 1. The van der Waals surface area contributed by atoms with Crippen LogP contribution in [0.2, 0.25) is 0 Å². The molecule has 0 bridgehead atoms. The van der Waals surface area contributed by atoms with Crippen molar-refractivity contribution in [2.75, 3.05) is 20.2 Å². The first kappa shape index (κ1) is 7.56. The smallest absolute Gasteiger partial charge is 0.0476 e. The largest absolute Gasteiger partial charge is 0.396 e. The minimum atomic E-state index is 0.402. The Kier molecular flexibility index (Phi) is 1.90. The first-order valence-electron chi connectivity index (χ1n) is 4.64. The lowest BCUT2D eigenvalue weighted by Crippen LogP contribution is -2.50. The van der Waals surface area contributed by atoms with Crippen molar-refractivity contribution in [3.63, 3.8) is 0 Å². The fraction of sp³-hybridized carbons (Fsp3) is 1.00. The van der Waals surface area contributed by atoms with Gasteiger partial charge in [0.05, 0.1) is 0 Å². The minimum Gasteiger partial charge on any atom is -0.396 e. The van der Waals surface area contributed by atoms with E-state index < -0.39 is 0 Å². The summed E-state index contributed by atoms with van der Waals surface area (Å²) >= 11 is 0. The Bertz CT molecular complexity index is 144. The van der Waals surface area contributed by atoms with Crippen molar-refractivity contribution < 1.29 is 5.11 Å². The average Bonchev–Trinajstić information content (AvgIpc) is 2.79. The molecule has 64 valence electrons. The van der Waals surface area contributed by atoms with Gasteiger partial charge in [0.25, 0.3) is 0 Å². The zero-order valence-electron chi connectivity index (χ0n) is 7.16. The van der Waals surface area contributed by atoms with Crippen molar-refractivity contribution in [2.45, 2.75) is 25.3 Å². The molecule has 2 aliphatic rings. The Morgan fingerprint density at radius 3 is 2.45 bits per heavy atom. The summed E-state index contributed by atoms with van der Waals surface area (Å²) in [6, 6.07) is 0.701. The summed E-state index contributed by atoms with van der Waals surface area (Å²) < 4.78 is 0. The molecule has 1 saturated carbocycles. The summed E-state index contributed by atoms with van der Waals surface area (Å²) in [5, 5.41) is 9.16. The number of rotatable bonds is 3. The van der Waals surface area contributed by atoms with Crippen molar-refractivity contribution in [1.29, 1.82) is 0 Å². The van der Waals surface area contributed by atoms with Gasteiger partial charge in [-0.1, -0.05) is 0 Å². The highest BCUT2D eigenvalue weighted by atomic mass is 16.3. The first-order valence-corrected chi connectivity index (χ1v) is 4.64. The van der Waals surface area contributed by atoms with E-state index in [0.29, 0.717) is 18.6 Å². The molecular formula is C9H17NO. The second-order valence-electron chi connectivity index (χ2n) is 4.02. The summed E-state index contributed by atoms with van der Waals surface area (Å²) in [4.78, 5) is 2.37. The van der Waals surface area contributed by atoms with Crippen molar-refractivity contribution in [1.82, 2.24) is 4.90 Å². The van der Waals surface area contributed by atoms with Gasteiger partial charge in [-0.15, -0.1) is 0 Å². The van der Waals surface area contributed by atoms with Gasteiger partial charge in [0, 0.05) is 18.6 Å². The molecule has 0 aromatic heterocycles. The highest BCUT2D eigenvalue weighted by molar-refractivity contribution is 4.93. The zero-order valence-corrected chi connectivity index (χ0v) is 7.16. The molecule has 1 aliphatic carbocycles. The first-order chi connectivity index (χ1) is 5.33. The second kappa shape index (κ2) is 2.76. The van der Waals surface area contributed by atoms with E-state index in [4.69, 9.17) is 5.11 Å². The topological polar surface area (TPSA) is 23.5 Å². The Morgan fingerprint density at radius 1 is 1.45 bits per heavy atom. The Labute approximate surface area is 68.2 Å². The molecule has 1 heterocycles. The van der Waals surface area contributed by atoms with E-state index in [1.807, 2.05) is 0 Å². The third-order valence-electron chi connectivity index (χ3n) is 3.28. The predicted molar refractivity (Wildman–Crippen MR) is 44.3 cm³/mol. The molecule has 1 saturated heterocycles. The van der Waals surface area contributed by atoms with E-state index in [1.54, 1.807) is 0 Å². The molecule has 2 nitrogen and oxygen atoms in total. The van der Waals surface area contributed by atoms with Crippen molar-refractivity contribution >= 4 is 0 Å². The van der Waals surface area contributed by atoms with Crippen LogP contribution in [0.25, 0.3) is 0 Å². The second-order valence-corrected chi connectivity index (χ2v) is 4.02. The maximum Gasteiger partial charge on any atom is 0.0476 e. The number of hydrogen-bond acceptors (Lipinski definition) is 2. The Hall–Kier alpha value is -0.0800. The molecule has 0 radical (unpaired) electrons. The summed E-state index contributed by atoms with van der Waals surface area (Å²) in [6.45, 7) is 1.63. The molecular weight excluding hydrogens is 138 g/mol. The van der Waals surface area contributed by atoms with Crippen LogP contribution < -0.4 is 0 Å². The molecule has 0 aromatic rings. The summed E-state index contributed by atoms with van der Waals surface area (Å²) in [5.41, 5.74) is 0. The molecule has 2 fully saturated rings. The minimum absolute atomic E-state index is 0.402. The molecule has 2 unspecified atom stereocenters. The SMILES string of the molecule is CN1CCC1C(CO)C1CC1. The van der Waals surface area contributed by atoms with Gasteiger partial charge in [-0.25, -0.2) is 0 Å². The monoisotopic (exact) mass is 155 g/mol. The Balaban J connectivity index is 1.88. The molecule has 1 N–H and O–H groups in total. The van der Waals surface area contributed by atoms with Crippen LogP contribution in [0.4, 0.5) is 0 Å². The van der Waals surface area contributed by atoms with Crippen LogP contribution in [0, 0.1) is 11.8 Å². The van der Waals surface area contributed by atoms with Crippen molar-refractivity contribution in [3.05, 3.63) is 0 Å². The molecule has 2 atom stereocenters. The average molecular weight is 155 g/mol. The van der Waals surface area contributed by atoms with E-state index >= 15 is 0 Å². The Morgan fingerprint density at radius 2 is 2.18 bits per heavy atom.